The fourth-order valence-corrected chi connectivity index (χ4v) is 2.90. The zero-order valence-corrected chi connectivity index (χ0v) is 12.8. The predicted octanol–water partition coefficient (Wildman–Crippen LogP) is 4.05. The Kier molecular flexibility index (Phi) is 4.45. The number of rotatable bonds is 3. The smallest absolute Gasteiger partial charge is 0.347 e. The highest BCUT2D eigenvalue weighted by molar-refractivity contribution is 5.94. The van der Waals surface area contributed by atoms with E-state index in [2.05, 4.69) is 10.3 Å². The minimum Gasteiger partial charge on any atom is -0.347 e. The van der Waals surface area contributed by atoms with Gasteiger partial charge in [0.05, 0.1) is 5.56 Å². The molecular weight excluding hydrogens is 343 g/mol. The van der Waals surface area contributed by atoms with Crippen LogP contribution < -0.4 is 5.32 Å². The van der Waals surface area contributed by atoms with Crippen molar-refractivity contribution in [3.05, 3.63) is 65.0 Å². The van der Waals surface area contributed by atoms with Crippen LogP contribution in [0.5, 0.6) is 0 Å². The maximum absolute atomic E-state index is 13.9. The van der Waals surface area contributed by atoms with E-state index in [1.807, 2.05) is 0 Å². The van der Waals surface area contributed by atoms with Gasteiger partial charge in [0.15, 0.2) is 0 Å². The molecule has 0 spiro atoms. The zero-order valence-electron chi connectivity index (χ0n) is 12.8. The Morgan fingerprint density at radius 3 is 2.52 bits per heavy atom. The normalized spacial score (nSPS) is 20.0. The van der Waals surface area contributed by atoms with E-state index < -0.39 is 46.9 Å². The van der Waals surface area contributed by atoms with E-state index in [9.17, 15) is 26.7 Å². The second kappa shape index (κ2) is 6.42. The zero-order chi connectivity index (χ0) is 18.2. The van der Waals surface area contributed by atoms with Crippen molar-refractivity contribution in [2.45, 2.75) is 31.0 Å². The lowest BCUT2D eigenvalue weighted by Gasteiger charge is -2.37. The van der Waals surface area contributed by atoms with Gasteiger partial charge in [0.25, 0.3) is 5.91 Å². The summed E-state index contributed by atoms with van der Waals surface area (Å²) in [5, 5.41) is 2.47. The number of nitrogens with zero attached hydrogens (tertiary/aromatic N) is 1. The average molecular weight is 356 g/mol. The minimum absolute atomic E-state index is 0.231. The summed E-state index contributed by atoms with van der Waals surface area (Å²) < 4.78 is 65.8. The molecule has 1 aromatic heterocycles. The third kappa shape index (κ3) is 3.47. The van der Waals surface area contributed by atoms with Gasteiger partial charge < -0.3 is 5.32 Å². The molecule has 3 rings (SSSR count). The number of benzene rings is 1. The first-order valence-corrected chi connectivity index (χ1v) is 7.55. The molecule has 8 heteroatoms. The second-order valence-electron chi connectivity index (χ2n) is 5.83. The van der Waals surface area contributed by atoms with Crippen molar-refractivity contribution < 1.29 is 26.7 Å². The van der Waals surface area contributed by atoms with E-state index in [-0.39, 0.29) is 5.56 Å². The number of amides is 1. The van der Waals surface area contributed by atoms with Gasteiger partial charge in [-0.3, -0.25) is 9.78 Å². The van der Waals surface area contributed by atoms with Crippen LogP contribution in [0, 0.1) is 11.6 Å². The first-order chi connectivity index (χ1) is 11.8. The molecule has 1 aliphatic carbocycles. The Labute approximate surface area is 139 Å². The lowest BCUT2D eigenvalue weighted by molar-refractivity contribution is -0.138. The molecule has 1 heterocycles. The highest BCUT2D eigenvalue weighted by Crippen LogP contribution is 2.39. The Balaban J connectivity index is 1.78. The van der Waals surface area contributed by atoms with Crippen LogP contribution in [0.4, 0.5) is 22.0 Å². The molecule has 1 amide bonds. The molecule has 1 fully saturated rings. The van der Waals surface area contributed by atoms with Crippen molar-refractivity contribution in [1.82, 2.24) is 10.3 Å². The summed E-state index contributed by atoms with van der Waals surface area (Å²) in [7, 11) is 0. The fourth-order valence-electron chi connectivity index (χ4n) is 2.90. The number of hydrogen-bond acceptors (Lipinski definition) is 2. The molecule has 3 nitrogen and oxygen atoms in total. The third-order valence-corrected chi connectivity index (χ3v) is 4.28. The summed E-state index contributed by atoms with van der Waals surface area (Å²) in [5.41, 5.74) is -1.62. The number of aromatic nitrogens is 1. The van der Waals surface area contributed by atoms with Crippen LogP contribution in [0.3, 0.4) is 0 Å². The van der Waals surface area contributed by atoms with Crippen LogP contribution in [0.2, 0.25) is 0 Å². The lowest BCUT2D eigenvalue weighted by atomic mass is 9.74. The number of halogens is 5. The molecule has 1 saturated carbocycles. The number of carbonyl (C=O) groups excluding carboxylic acids is 1. The lowest BCUT2D eigenvalue weighted by Crippen LogP contribution is -2.46. The van der Waals surface area contributed by atoms with Gasteiger partial charge in [-0.25, -0.2) is 8.78 Å². The fraction of sp³-hybridized carbons (Fsp3) is 0.294. The van der Waals surface area contributed by atoms with E-state index in [1.165, 1.54) is 6.07 Å². The highest BCUT2D eigenvalue weighted by Gasteiger charge is 2.39. The Hall–Kier alpha value is -2.51. The molecule has 2 aromatic rings. The van der Waals surface area contributed by atoms with Crippen LogP contribution >= 0.6 is 0 Å². The molecule has 0 saturated heterocycles. The van der Waals surface area contributed by atoms with E-state index >= 15 is 0 Å². The summed E-state index contributed by atoms with van der Waals surface area (Å²) in [4.78, 5) is 15.7. The summed E-state index contributed by atoms with van der Waals surface area (Å²) in [6.45, 7) is 0. The van der Waals surface area contributed by atoms with Crippen molar-refractivity contribution in [1.29, 1.82) is 0 Å². The Morgan fingerprint density at radius 2 is 1.92 bits per heavy atom. The highest BCUT2D eigenvalue weighted by atomic mass is 19.4. The molecule has 1 N–H and O–H groups in total. The van der Waals surface area contributed by atoms with E-state index in [4.69, 9.17) is 0 Å². The predicted molar refractivity (Wildman–Crippen MR) is 78.8 cm³/mol. The van der Waals surface area contributed by atoms with Gasteiger partial charge in [-0.2, -0.15) is 13.2 Å². The van der Waals surface area contributed by atoms with E-state index in [0.29, 0.717) is 12.8 Å². The number of pyridine rings is 1. The molecule has 0 bridgehead atoms. The molecule has 0 radical (unpaired) electrons. The maximum atomic E-state index is 13.9. The van der Waals surface area contributed by atoms with Crippen LogP contribution in [-0.4, -0.2) is 16.9 Å². The molecule has 25 heavy (non-hydrogen) atoms. The quantitative estimate of drug-likeness (QED) is 0.843. The van der Waals surface area contributed by atoms with Crippen molar-refractivity contribution in [2.24, 2.45) is 0 Å². The second-order valence-corrected chi connectivity index (χ2v) is 5.83. The standard InChI is InChI=1S/C17H13F5N2O/c18-9-3-4-10(13(19)8-9)11-5-6-14(11)24-16(25)15-12(17(20,21)22)2-1-7-23-15/h1-4,7-8,11,14H,5-6H2,(H,24,25)/t11-,14-/m1/s1. The number of carbonyl (C=O) groups is 1. The summed E-state index contributed by atoms with van der Waals surface area (Å²) in [6.07, 6.45) is -2.58. The van der Waals surface area contributed by atoms with Crippen molar-refractivity contribution in [3.8, 4) is 0 Å². The number of nitrogens with one attached hydrogen (secondary N) is 1. The van der Waals surface area contributed by atoms with Crippen LogP contribution in [0.25, 0.3) is 0 Å². The van der Waals surface area contributed by atoms with Gasteiger partial charge in [0, 0.05) is 24.2 Å². The van der Waals surface area contributed by atoms with Gasteiger partial charge in [0.2, 0.25) is 0 Å². The molecule has 0 unspecified atom stereocenters. The maximum Gasteiger partial charge on any atom is 0.418 e. The van der Waals surface area contributed by atoms with E-state index in [1.54, 1.807) is 0 Å². The largest absolute Gasteiger partial charge is 0.418 e. The van der Waals surface area contributed by atoms with Crippen LogP contribution in [-0.2, 0) is 6.18 Å². The van der Waals surface area contributed by atoms with Crippen LogP contribution in [0.15, 0.2) is 36.5 Å². The van der Waals surface area contributed by atoms with Crippen molar-refractivity contribution in [2.75, 3.05) is 0 Å². The minimum atomic E-state index is -4.71. The summed E-state index contributed by atoms with van der Waals surface area (Å²) in [5.74, 6) is -2.84. The average Bonchev–Trinajstić information content (AvgIpc) is 2.53. The molecule has 1 aromatic carbocycles. The first-order valence-electron chi connectivity index (χ1n) is 7.55. The molecule has 132 valence electrons. The number of hydrogen-bond donors (Lipinski definition) is 1. The molecule has 0 aliphatic heterocycles. The number of alkyl halides is 3. The Morgan fingerprint density at radius 1 is 1.16 bits per heavy atom. The van der Waals surface area contributed by atoms with Gasteiger partial charge in [-0.05, 0) is 36.6 Å². The van der Waals surface area contributed by atoms with Gasteiger partial charge in [0.1, 0.15) is 17.3 Å². The third-order valence-electron chi connectivity index (χ3n) is 4.28. The monoisotopic (exact) mass is 356 g/mol. The molecular formula is C17H13F5N2O. The SMILES string of the molecule is O=C(N[C@@H]1CC[C@@H]1c1ccc(F)cc1F)c1ncccc1C(F)(F)F. The Bertz CT molecular complexity index is 806. The molecule has 1 aliphatic rings. The summed E-state index contributed by atoms with van der Waals surface area (Å²) in [6, 6.07) is 4.48. The van der Waals surface area contributed by atoms with Gasteiger partial charge in [-0.15, -0.1) is 0 Å². The van der Waals surface area contributed by atoms with Gasteiger partial charge >= 0.3 is 6.18 Å². The van der Waals surface area contributed by atoms with E-state index in [0.717, 1.165) is 30.5 Å². The van der Waals surface area contributed by atoms with Crippen molar-refractivity contribution in [3.63, 3.8) is 0 Å². The topological polar surface area (TPSA) is 42.0 Å². The van der Waals surface area contributed by atoms with Crippen molar-refractivity contribution >= 4 is 5.91 Å². The van der Waals surface area contributed by atoms with Crippen LogP contribution in [0.1, 0.15) is 40.4 Å². The first kappa shape index (κ1) is 17.3. The van der Waals surface area contributed by atoms with Gasteiger partial charge in [-0.1, -0.05) is 6.07 Å². The molecule has 2 atom stereocenters. The summed E-state index contributed by atoms with van der Waals surface area (Å²) >= 11 is 0.